The molecule has 0 aliphatic carbocycles. The molecule has 0 saturated carbocycles. The summed E-state index contributed by atoms with van der Waals surface area (Å²) in [5, 5.41) is 3.34. The first kappa shape index (κ1) is 13.7. The number of imidazole rings is 1. The normalized spacial score (nSPS) is 11.0. The highest BCUT2D eigenvalue weighted by molar-refractivity contribution is 5.67. The van der Waals surface area contributed by atoms with Crippen molar-refractivity contribution in [2.75, 3.05) is 11.9 Å². The third-order valence-corrected chi connectivity index (χ3v) is 3.87. The van der Waals surface area contributed by atoms with Crippen LogP contribution in [0.1, 0.15) is 25.1 Å². The number of aryl methyl sites for hydroxylation is 2. The van der Waals surface area contributed by atoms with E-state index in [2.05, 4.69) is 73.1 Å². The molecule has 3 heteroatoms. The average Bonchev–Trinajstić information content (AvgIpc) is 2.85. The first-order valence-electron chi connectivity index (χ1n) is 7.54. The molecule has 3 rings (SSSR count). The molecule has 0 aliphatic rings. The van der Waals surface area contributed by atoms with Crippen molar-refractivity contribution in [2.45, 2.75) is 27.2 Å². The lowest BCUT2D eigenvalue weighted by Gasteiger charge is -2.04. The molecular weight excluding hydrogens is 258 g/mol. The highest BCUT2D eigenvalue weighted by atomic mass is 15.0. The number of pyridine rings is 1. The Kier molecular flexibility index (Phi) is 3.65. The predicted octanol–water partition coefficient (Wildman–Crippen LogP) is 4.30. The second-order valence-corrected chi connectivity index (χ2v) is 5.27. The molecule has 21 heavy (non-hydrogen) atoms. The van der Waals surface area contributed by atoms with Gasteiger partial charge in [-0.2, -0.15) is 0 Å². The minimum atomic E-state index is 0.921. The monoisotopic (exact) mass is 279 g/mol. The lowest BCUT2D eigenvalue weighted by Crippen LogP contribution is -1.98. The molecule has 1 N–H and O–H groups in total. The molecule has 0 radical (unpaired) electrons. The highest BCUT2D eigenvalue weighted by Gasteiger charge is 2.10. The molecule has 108 valence electrons. The number of aromatic nitrogens is 2. The summed E-state index contributed by atoms with van der Waals surface area (Å²) >= 11 is 0. The van der Waals surface area contributed by atoms with Crippen LogP contribution in [0.15, 0.2) is 42.6 Å². The summed E-state index contributed by atoms with van der Waals surface area (Å²) in [6.45, 7) is 7.32. The smallest absolute Gasteiger partial charge is 0.137 e. The molecule has 0 atom stereocenters. The van der Waals surface area contributed by atoms with Gasteiger partial charge in [0, 0.05) is 24.0 Å². The molecule has 0 fully saturated rings. The molecule has 2 heterocycles. The zero-order chi connectivity index (χ0) is 14.8. The average molecular weight is 279 g/mol. The lowest BCUT2D eigenvalue weighted by molar-refractivity contribution is 1.10. The van der Waals surface area contributed by atoms with Gasteiger partial charge in [-0.05, 0) is 38.0 Å². The summed E-state index contributed by atoms with van der Waals surface area (Å²) in [5.41, 5.74) is 6.88. The fraction of sp³-hybridized carbons (Fsp3) is 0.278. The van der Waals surface area contributed by atoms with E-state index in [0.717, 1.165) is 30.0 Å². The van der Waals surface area contributed by atoms with Gasteiger partial charge >= 0.3 is 0 Å². The van der Waals surface area contributed by atoms with Crippen molar-refractivity contribution in [1.82, 2.24) is 9.38 Å². The Balaban J connectivity index is 2.07. The molecule has 3 aromatic rings. The molecule has 0 saturated heterocycles. The molecule has 1 aromatic carbocycles. The molecule has 2 aromatic heterocycles. The van der Waals surface area contributed by atoms with E-state index in [0.29, 0.717) is 0 Å². The Morgan fingerprint density at radius 1 is 1.05 bits per heavy atom. The van der Waals surface area contributed by atoms with Crippen molar-refractivity contribution in [3.8, 4) is 11.3 Å². The van der Waals surface area contributed by atoms with Crippen LogP contribution in [0.5, 0.6) is 0 Å². The Hall–Kier alpha value is -2.29. The van der Waals surface area contributed by atoms with Crippen LogP contribution in [0.25, 0.3) is 16.9 Å². The molecule has 0 bridgehead atoms. The van der Waals surface area contributed by atoms with Crippen LogP contribution in [0, 0.1) is 6.92 Å². The molecular formula is C18H21N3. The maximum Gasteiger partial charge on any atom is 0.137 e. The van der Waals surface area contributed by atoms with E-state index in [1.54, 1.807) is 0 Å². The number of anilines is 1. The van der Waals surface area contributed by atoms with Gasteiger partial charge in [-0.15, -0.1) is 0 Å². The Morgan fingerprint density at radius 2 is 1.81 bits per heavy atom. The van der Waals surface area contributed by atoms with Gasteiger partial charge in [-0.3, -0.25) is 0 Å². The first-order chi connectivity index (χ1) is 10.2. The summed E-state index contributed by atoms with van der Waals surface area (Å²) in [7, 11) is 0. The van der Waals surface area contributed by atoms with Gasteiger partial charge in [0.25, 0.3) is 0 Å². The van der Waals surface area contributed by atoms with Gasteiger partial charge < -0.3 is 9.72 Å². The SMILES string of the molecule is CCNc1ccc2nc(-c3ccc(CC)cc3)c(C)n2c1. The third kappa shape index (κ3) is 2.51. The van der Waals surface area contributed by atoms with Gasteiger partial charge in [0.1, 0.15) is 5.65 Å². The van der Waals surface area contributed by atoms with E-state index in [1.165, 1.54) is 16.8 Å². The number of hydrogen-bond acceptors (Lipinski definition) is 2. The van der Waals surface area contributed by atoms with E-state index in [1.807, 2.05) is 0 Å². The van der Waals surface area contributed by atoms with Gasteiger partial charge in [0.05, 0.1) is 11.4 Å². The molecule has 0 amide bonds. The number of hydrogen-bond donors (Lipinski definition) is 1. The third-order valence-electron chi connectivity index (χ3n) is 3.87. The lowest BCUT2D eigenvalue weighted by atomic mass is 10.1. The van der Waals surface area contributed by atoms with E-state index < -0.39 is 0 Å². The highest BCUT2D eigenvalue weighted by Crippen LogP contribution is 2.25. The first-order valence-corrected chi connectivity index (χ1v) is 7.54. The van der Waals surface area contributed by atoms with Crippen molar-refractivity contribution in [3.05, 3.63) is 53.9 Å². The number of fused-ring (bicyclic) bond motifs is 1. The fourth-order valence-corrected chi connectivity index (χ4v) is 2.64. The summed E-state index contributed by atoms with van der Waals surface area (Å²) in [6.07, 6.45) is 3.18. The van der Waals surface area contributed by atoms with Crippen molar-refractivity contribution in [2.24, 2.45) is 0 Å². The standard InChI is InChI=1S/C18H21N3/c1-4-14-6-8-15(9-7-14)18-13(3)21-12-16(19-5-2)10-11-17(21)20-18/h6-12,19H,4-5H2,1-3H3. The zero-order valence-corrected chi connectivity index (χ0v) is 12.9. The summed E-state index contributed by atoms with van der Waals surface area (Å²) in [5.74, 6) is 0. The number of benzene rings is 1. The van der Waals surface area contributed by atoms with E-state index in [4.69, 9.17) is 4.98 Å². The maximum atomic E-state index is 4.77. The number of rotatable bonds is 4. The quantitative estimate of drug-likeness (QED) is 0.771. The topological polar surface area (TPSA) is 29.3 Å². The van der Waals surface area contributed by atoms with E-state index in [-0.39, 0.29) is 0 Å². The van der Waals surface area contributed by atoms with E-state index in [9.17, 15) is 0 Å². The second kappa shape index (κ2) is 5.60. The van der Waals surface area contributed by atoms with Gasteiger partial charge in [-0.1, -0.05) is 31.2 Å². The molecule has 0 aliphatic heterocycles. The van der Waals surface area contributed by atoms with Crippen molar-refractivity contribution in [3.63, 3.8) is 0 Å². The van der Waals surface area contributed by atoms with Crippen LogP contribution in [0.4, 0.5) is 5.69 Å². The minimum Gasteiger partial charge on any atom is -0.384 e. The van der Waals surface area contributed by atoms with Gasteiger partial charge in [0.15, 0.2) is 0 Å². The summed E-state index contributed by atoms with van der Waals surface area (Å²) in [4.78, 5) is 4.77. The number of nitrogens with zero attached hydrogens (tertiary/aromatic N) is 2. The molecule has 0 unspecified atom stereocenters. The largest absolute Gasteiger partial charge is 0.384 e. The van der Waals surface area contributed by atoms with Crippen LogP contribution in [0.3, 0.4) is 0 Å². The zero-order valence-electron chi connectivity index (χ0n) is 12.9. The molecule has 3 nitrogen and oxygen atoms in total. The van der Waals surface area contributed by atoms with Crippen LogP contribution in [-0.4, -0.2) is 15.9 Å². The van der Waals surface area contributed by atoms with Crippen molar-refractivity contribution < 1.29 is 0 Å². The van der Waals surface area contributed by atoms with E-state index >= 15 is 0 Å². The van der Waals surface area contributed by atoms with Crippen LogP contribution in [0.2, 0.25) is 0 Å². The Labute approximate surface area is 125 Å². The minimum absolute atomic E-state index is 0.921. The van der Waals surface area contributed by atoms with Gasteiger partial charge in [-0.25, -0.2) is 4.98 Å². The predicted molar refractivity (Wildman–Crippen MR) is 88.9 cm³/mol. The fourth-order valence-electron chi connectivity index (χ4n) is 2.64. The van der Waals surface area contributed by atoms with Gasteiger partial charge in [0.2, 0.25) is 0 Å². The summed E-state index contributed by atoms with van der Waals surface area (Å²) < 4.78 is 2.15. The Morgan fingerprint density at radius 3 is 2.48 bits per heavy atom. The summed E-state index contributed by atoms with van der Waals surface area (Å²) in [6, 6.07) is 12.8. The molecule has 0 spiro atoms. The number of nitrogens with one attached hydrogen (secondary N) is 1. The van der Waals surface area contributed by atoms with Crippen molar-refractivity contribution >= 4 is 11.3 Å². The van der Waals surface area contributed by atoms with Crippen LogP contribution in [-0.2, 0) is 6.42 Å². The van der Waals surface area contributed by atoms with Crippen LogP contribution >= 0.6 is 0 Å². The van der Waals surface area contributed by atoms with Crippen molar-refractivity contribution in [1.29, 1.82) is 0 Å². The Bertz CT molecular complexity index is 754. The maximum absolute atomic E-state index is 4.77. The van der Waals surface area contributed by atoms with Crippen LogP contribution < -0.4 is 5.32 Å². The second-order valence-electron chi connectivity index (χ2n) is 5.27.